The molecule has 7 nitrogen and oxygen atoms in total. The van der Waals surface area contributed by atoms with Crippen LogP contribution >= 0.6 is 0 Å². The maximum atomic E-state index is 12.7. The number of hydrogen-bond donors (Lipinski definition) is 3. The van der Waals surface area contributed by atoms with E-state index in [9.17, 15) is 20.1 Å². The Hall–Kier alpha value is -3.09. The Labute approximate surface area is 144 Å². The lowest BCUT2D eigenvalue weighted by Gasteiger charge is -2.25. The molecule has 0 unspecified atom stereocenters. The van der Waals surface area contributed by atoms with Gasteiger partial charge in [0.05, 0.1) is 26.7 Å². The van der Waals surface area contributed by atoms with E-state index in [-0.39, 0.29) is 35.2 Å². The molecular formula is C18H18O7. The molecule has 1 heterocycles. The average molecular weight is 346 g/mol. The molecule has 0 amide bonds. The fourth-order valence-corrected chi connectivity index (χ4v) is 2.87. The minimum absolute atomic E-state index is 0.0116. The lowest BCUT2D eigenvalue weighted by molar-refractivity contribution is 0.0824. The molecule has 3 N–H and O–H groups in total. The maximum Gasteiger partial charge on any atom is 0.201 e. The van der Waals surface area contributed by atoms with Crippen molar-refractivity contribution < 1.29 is 34.3 Å². The number of fused-ring (bicyclic) bond motifs is 1. The summed E-state index contributed by atoms with van der Waals surface area (Å²) in [6.45, 7) is 0.127. The van der Waals surface area contributed by atoms with E-state index in [1.807, 2.05) is 0 Å². The van der Waals surface area contributed by atoms with Crippen LogP contribution in [0.2, 0.25) is 0 Å². The van der Waals surface area contributed by atoms with Crippen LogP contribution in [0.1, 0.15) is 15.9 Å². The molecule has 0 radical (unpaired) electrons. The predicted molar refractivity (Wildman–Crippen MR) is 88.0 cm³/mol. The number of aromatic hydroxyl groups is 3. The molecule has 1 aliphatic rings. The zero-order chi connectivity index (χ0) is 18.1. The van der Waals surface area contributed by atoms with Gasteiger partial charge in [0.2, 0.25) is 5.75 Å². The van der Waals surface area contributed by atoms with Crippen molar-refractivity contribution in [2.75, 3.05) is 20.8 Å². The summed E-state index contributed by atoms with van der Waals surface area (Å²) in [7, 11) is 2.78. The van der Waals surface area contributed by atoms with E-state index < -0.39 is 17.4 Å². The minimum atomic E-state index is -0.549. The number of ether oxygens (including phenoxy) is 3. The fraction of sp³-hybridized carbons (Fsp3) is 0.278. The van der Waals surface area contributed by atoms with Gasteiger partial charge in [0.15, 0.2) is 28.8 Å². The van der Waals surface area contributed by atoms with Crippen molar-refractivity contribution >= 4 is 5.78 Å². The number of phenolic OH excluding ortho intramolecular Hbond substituents is 3. The van der Waals surface area contributed by atoms with Gasteiger partial charge in [-0.05, 0) is 24.1 Å². The van der Waals surface area contributed by atoms with Gasteiger partial charge < -0.3 is 29.5 Å². The van der Waals surface area contributed by atoms with Gasteiger partial charge in [-0.3, -0.25) is 4.79 Å². The zero-order valence-electron chi connectivity index (χ0n) is 13.8. The van der Waals surface area contributed by atoms with Gasteiger partial charge in [0.1, 0.15) is 11.3 Å². The lowest BCUT2D eigenvalue weighted by atomic mass is 9.88. The Morgan fingerprint density at radius 3 is 2.48 bits per heavy atom. The summed E-state index contributed by atoms with van der Waals surface area (Å²) < 4.78 is 15.6. The van der Waals surface area contributed by atoms with Crippen molar-refractivity contribution in [3.05, 3.63) is 35.4 Å². The van der Waals surface area contributed by atoms with E-state index in [1.54, 1.807) is 12.1 Å². The maximum absolute atomic E-state index is 12.7. The fourth-order valence-electron chi connectivity index (χ4n) is 2.87. The normalized spacial score (nSPS) is 16.1. The summed E-state index contributed by atoms with van der Waals surface area (Å²) in [6, 6.07) is 6.20. The highest BCUT2D eigenvalue weighted by molar-refractivity contribution is 6.05. The quantitative estimate of drug-likeness (QED) is 0.729. The van der Waals surface area contributed by atoms with Crippen molar-refractivity contribution in [1.82, 2.24) is 0 Å². The number of benzene rings is 2. The van der Waals surface area contributed by atoms with Crippen molar-refractivity contribution in [1.29, 1.82) is 0 Å². The van der Waals surface area contributed by atoms with Gasteiger partial charge in [-0.2, -0.15) is 0 Å². The molecule has 0 fully saturated rings. The van der Waals surface area contributed by atoms with Crippen molar-refractivity contribution in [3.8, 4) is 34.5 Å². The largest absolute Gasteiger partial charge is 0.504 e. The van der Waals surface area contributed by atoms with Crippen LogP contribution in [0.4, 0.5) is 0 Å². The molecule has 0 spiro atoms. The second-order valence-electron chi connectivity index (χ2n) is 5.73. The summed E-state index contributed by atoms with van der Waals surface area (Å²) in [5.41, 5.74) is 0.720. The number of hydrogen-bond acceptors (Lipinski definition) is 7. The number of Topliss-reactive ketones (excluding diaryl/α,β-unsaturated/α-hetero) is 1. The molecule has 3 rings (SSSR count). The molecular weight excluding hydrogens is 328 g/mol. The number of rotatable bonds is 4. The summed E-state index contributed by atoms with van der Waals surface area (Å²) in [4.78, 5) is 12.7. The third-order valence-electron chi connectivity index (χ3n) is 4.21. The van der Waals surface area contributed by atoms with Gasteiger partial charge in [0, 0.05) is 6.07 Å². The van der Waals surface area contributed by atoms with E-state index in [4.69, 9.17) is 14.2 Å². The molecule has 0 aliphatic carbocycles. The SMILES string of the molecule is COc1cc(C[C@@H]2COc3cc(OC)c(O)c(O)c3C2=O)ccc1O. The summed E-state index contributed by atoms with van der Waals surface area (Å²) in [5.74, 6) is -1.38. The number of phenols is 3. The van der Waals surface area contributed by atoms with E-state index in [1.165, 1.54) is 26.4 Å². The van der Waals surface area contributed by atoms with Gasteiger partial charge in [-0.25, -0.2) is 0 Å². The highest BCUT2D eigenvalue weighted by Gasteiger charge is 2.34. The average Bonchev–Trinajstić information content (AvgIpc) is 2.61. The molecule has 25 heavy (non-hydrogen) atoms. The molecule has 2 aromatic carbocycles. The number of carbonyl (C=O) groups excluding carboxylic acids is 1. The number of carbonyl (C=O) groups is 1. The number of ketones is 1. The van der Waals surface area contributed by atoms with Crippen LogP contribution in [-0.4, -0.2) is 41.9 Å². The molecule has 0 saturated carbocycles. The highest BCUT2D eigenvalue weighted by Crippen LogP contribution is 2.46. The van der Waals surface area contributed by atoms with Gasteiger partial charge >= 0.3 is 0 Å². The third-order valence-corrected chi connectivity index (χ3v) is 4.21. The van der Waals surface area contributed by atoms with Crippen molar-refractivity contribution in [2.45, 2.75) is 6.42 Å². The minimum Gasteiger partial charge on any atom is -0.504 e. The Bertz CT molecular complexity index is 829. The van der Waals surface area contributed by atoms with Gasteiger partial charge in [-0.1, -0.05) is 6.07 Å². The molecule has 2 aromatic rings. The third kappa shape index (κ3) is 2.88. The molecule has 1 atom stereocenters. The first kappa shape index (κ1) is 16.8. The van der Waals surface area contributed by atoms with Crippen LogP contribution < -0.4 is 14.2 Å². The van der Waals surface area contributed by atoms with E-state index >= 15 is 0 Å². The summed E-state index contributed by atoms with van der Waals surface area (Å²) in [6.07, 6.45) is 0.334. The van der Waals surface area contributed by atoms with Crippen LogP contribution in [0.15, 0.2) is 24.3 Å². The Morgan fingerprint density at radius 2 is 1.80 bits per heavy atom. The first-order valence-electron chi connectivity index (χ1n) is 7.62. The summed E-state index contributed by atoms with van der Waals surface area (Å²) >= 11 is 0. The zero-order valence-corrected chi connectivity index (χ0v) is 13.8. The molecule has 0 bridgehead atoms. The monoisotopic (exact) mass is 346 g/mol. The molecule has 1 aliphatic heterocycles. The second-order valence-corrected chi connectivity index (χ2v) is 5.73. The van der Waals surface area contributed by atoms with Gasteiger partial charge in [0.25, 0.3) is 0 Å². The number of methoxy groups -OCH3 is 2. The Kier molecular flexibility index (Phi) is 4.31. The molecule has 7 heteroatoms. The predicted octanol–water partition coefficient (Wildman–Crippen LogP) is 2.25. The van der Waals surface area contributed by atoms with Crippen molar-refractivity contribution in [3.63, 3.8) is 0 Å². The van der Waals surface area contributed by atoms with Gasteiger partial charge in [-0.15, -0.1) is 0 Å². The standard InChI is InChI=1S/C18H18O7/c1-23-12-6-9(3-4-11(12)19)5-10-8-25-13-7-14(24-2)17(21)18(22)15(13)16(10)20/h3-4,6-7,10,19,21-22H,5,8H2,1-2H3/t10-/m1/s1. The van der Waals surface area contributed by atoms with Crippen LogP contribution in [0.25, 0.3) is 0 Å². The van der Waals surface area contributed by atoms with Crippen LogP contribution in [-0.2, 0) is 6.42 Å². The summed E-state index contributed by atoms with van der Waals surface area (Å²) in [5, 5.41) is 29.7. The Morgan fingerprint density at radius 1 is 1.08 bits per heavy atom. The molecule has 0 aromatic heterocycles. The van der Waals surface area contributed by atoms with E-state index in [0.717, 1.165) is 5.56 Å². The Balaban J connectivity index is 1.91. The van der Waals surface area contributed by atoms with Crippen LogP contribution in [0.5, 0.6) is 34.5 Å². The van der Waals surface area contributed by atoms with Crippen LogP contribution in [0.3, 0.4) is 0 Å². The lowest BCUT2D eigenvalue weighted by Crippen LogP contribution is -2.29. The second kappa shape index (κ2) is 6.43. The first-order valence-corrected chi connectivity index (χ1v) is 7.62. The first-order chi connectivity index (χ1) is 12.0. The highest BCUT2D eigenvalue weighted by atomic mass is 16.5. The topological polar surface area (TPSA) is 105 Å². The van der Waals surface area contributed by atoms with Crippen molar-refractivity contribution in [2.24, 2.45) is 5.92 Å². The molecule has 132 valence electrons. The van der Waals surface area contributed by atoms with E-state index in [0.29, 0.717) is 12.2 Å². The smallest absolute Gasteiger partial charge is 0.201 e. The van der Waals surface area contributed by atoms with Crippen LogP contribution in [0, 0.1) is 5.92 Å². The van der Waals surface area contributed by atoms with E-state index in [2.05, 4.69) is 0 Å². The molecule has 0 saturated heterocycles.